The molecule has 1 rings (SSSR count). The molecule has 0 saturated carbocycles. The molecule has 0 aliphatic heterocycles. The molecule has 0 bridgehead atoms. The van der Waals surface area contributed by atoms with Crippen LogP contribution >= 0.6 is 38.4 Å². The minimum atomic E-state index is -5.54. The van der Waals surface area contributed by atoms with Crippen LogP contribution in [0.5, 0.6) is 0 Å². The number of benzene rings is 1. The van der Waals surface area contributed by atoms with E-state index in [9.17, 15) is 28.6 Å². The molecule has 1 aromatic carbocycles. The normalized spacial score (nSPS) is 12.9. The lowest BCUT2D eigenvalue weighted by Gasteiger charge is -2.29. The van der Waals surface area contributed by atoms with E-state index >= 15 is 0 Å². The lowest BCUT2D eigenvalue weighted by Crippen LogP contribution is -2.48. The van der Waals surface area contributed by atoms with Crippen molar-refractivity contribution in [3.8, 4) is 0 Å². The highest BCUT2D eigenvalue weighted by molar-refractivity contribution is 7.72. The largest absolute Gasteiger partial charge is 0.369 e. The predicted molar refractivity (Wildman–Crippen MR) is 146 cm³/mol. The molecule has 0 aliphatic rings. The molecule has 39 heavy (non-hydrogen) atoms. The second-order valence-electron chi connectivity index (χ2n) is 8.46. The number of nitrogens with one attached hydrogen (secondary N) is 3. The lowest BCUT2D eigenvalue weighted by molar-refractivity contribution is -0.128. The van der Waals surface area contributed by atoms with Gasteiger partial charge < -0.3 is 45.5 Å². The summed E-state index contributed by atoms with van der Waals surface area (Å²) in [5, 5.41) is 13.5. The maximum atomic E-state index is 12.5. The molecule has 0 saturated heterocycles. The highest BCUT2D eigenvalue weighted by Crippen LogP contribution is 2.69. The minimum absolute atomic E-state index is 0.0283. The number of aliphatic hydroxyl groups is 1. The maximum absolute atomic E-state index is 12.5. The number of unbranched alkanes of at least 4 members (excludes halogenated alkanes) is 1. The second kappa shape index (κ2) is 16.5. The first-order chi connectivity index (χ1) is 18.2. The number of rotatable bonds is 19. The van der Waals surface area contributed by atoms with Gasteiger partial charge in [0.2, 0.25) is 18.2 Å². The fourth-order valence-corrected chi connectivity index (χ4v) is 6.16. The Balaban J connectivity index is 2.56. The van der Waals surface area contributed by atoms with Gasteiger partial charge >= 0.3 is 15.2 Å². The van der Waals surface area contributed by atoms with Crippen molar-refractivity contribution in [2.24, 2.45) is 0 Å². The Morgan fingerprint density at radius 3 is 2.03 bits per heavy atom. The van der Waals surface area contributed by atoms with E-state index in [0.29, 0.717) is 31.3 Å². The number of nitrogens with zero attached hydrogens (tertiary/aromatic N) is 1. The van der Waals surface area contributed by atoms with Crippen LogP contribution in [0.15, 0.2) is 24.3 Å². The number of amides is 3. The summed E-state index contributed by atoms with van der Waals surface area (Å²) in [6, 6.07) is 6.33. The number of carbonyl (C=O) groups is 3. The molecule has 0 aromatic heterocycles. The van der Waals surface area contributed by atoms with E-state index in [1.807, 2.05) is 17.0 Å². The number of hydrogen-bond donors (Lipinski definition) is 8. The summed E-state index contributed by atoms with van der Waals surface area (Å²) >= 11 is 11.7. The van der Waals surface area contributed by atoms with E-state index < -0.39 is 51.1 Å². The SMILES string of the molecule is O=CN[C@@H](Cc1ccc(N(CCCl)CCCl)cc1)C(=O)NCC(=O)NCCCCC(O)(P(=O)(O)O)P(=O)(O)O. The highest BCUT2D eigenvalue weighted by atomic mass is 35.5. The van der Waals surface area contributed by atoms with Crippen LogP contribution in [-0.2, 0) is 29.9 Å². The van der Waals surface area contributed by atoms with Gasteiger partial charge in [0, 0.05) is 43.5 Å². The number of alkyl halides is 2. The van der Waals surface area contributed by atoms with Gasteiger partial charge in [0.1, 0.15) is 6.04 Å². The third-order valence-corrected chi connectivity index (χ3v) is 9.87. The zero-order valence-corrected chi connectivity index (χ0v) is 24.2. The van der Waals surface area contributed by atoms with Crippen LogP contribution in [0.25, 0.3) is 0 Å². The Morgan fingerprint density at radius 2 is 1.54 bits per heavy atom. The van der Waals surface area contributed by atoms with Crippen molar-refractivity contribution in [2.45, 2.75) is 36.8 Å². The number of anilines is 1. The molecule has 0 fully saturated rings. The zero-order chi connectivity index (χ0) is 29.7. The molecule has 8 N–H and O–H groups in total. The average molecular weight is 635 g/mol. The Morgan fingerprint density at radius 1 is 0.974 bits per heavy atom. The van der Waals surface area contributed by atoms with Gasteiger partial charge in [-0.25, -0.2) is 0 Å². The standard InChI is InChI=1S/C21H34Cl2N4O10P2/c22-8-11-27(12-9-23)17-5-3-16(4-6-17)13-18(26-15-28)20(30)25-14-19(29)24-10-2-1-7-21(31,38(32,33)34)39(35,36)37/h3-6,15,18,31H,1-2,7-14H2,(H,24,29)(H,25,30)(H,26,28)(H2,32,33,34)(H2,35,36,37)/t18-/m0/s1. The second-order valence-corrected chi connectivity index (χ2v) is 13.2. The van der Waals surface area contributed by atoms with Crippen LogP contribution in [-0.4, -0.2) is 92.0 Å². The van der Waals surface area contributed by atoms with Gasteiger partial charge in [-0.1, -0.05) is 12.1 Å². The summed E-state index contributed by atoms with van der Waals surface area (Å²) in [6.07, 6.45) is -0.567. The Hall–Kier alpha value is -1.73. The smallest absolute Gasteiger partial charge is 0.369 e. The predicted octanol–water partition coefficient (Wildman–Crippen LogP) is 0.0319. The molecule has 3 amide bonds. The van der Waals surface area contributed by atoms with Crippen LogP contribution in [0.3, 0.4) is 0 Å². The van der Waals surface area contributed by atoms with Gasteiger partial charge in [-0.15, -0.1) is 23.2 Å². The topological polar surface area (TPSA) is 226 Å². The summed E-state index contributed by atoms with van der Waals surface area (Å²) in [5.74, 6) is -0.375. The lowest BCUT2D eigenvalue weighted by atomic mass is 10.0. The molecular weight excluding hydrogens is 601 g/mol. The minimum Gasteiger partial charge on any atom is -0.369 e. The summed E-state index contributed by atoms with van der Waals surface area (Å²) in [5.41, 5.74) is 1.65. The van der Waals surface area contributed by atoms with Crippen molar-refractivity contribution >= 4 is 62.3 Å². The average Bonchev–Trinajstić information content (AvgIpc) is 2.85. The fraction of sp³-hybridized carbons (Fsp3) is 0.571. The monoisotopic (exact) mass is 634 g/mol. The Kier molecular flexibility index (Phi) is 14.9. The van der Waals surface area contributed by atoms with Gasteiger partial charge in [-0.2, -0.15) is 0 Å². The van der Waals surface area contributed by atoms with E-state index in [1.54, 1.807) is 12.1 Å². The fourth-order valence-electron chi connectivity index (χ4n) is 3.49. The summed E-state index contributed by atoms with van der Waals surface area (Å²) < 4.78 is 22.7. The van der Waals surface area contributed by atoms with Gasteiger partial charge in [0.15, 0.2) is 0 Å². The maximum Gasteiger partial charge on any atom is 0.369 e. The first-order valence-corrected chi connectivity index (χ1v) is 16.0. The molecule has 18 heteroatoms. The molecule has 14 nitrogen and oxygen atoms in total. The van der Waals surface area contributed by atoms with E-state index in [0.717, 1.165) is 11.3 Å². The molecule has 1 aromatic rings. The van der Waals surface area contributed by atoms with Crippen molar-refractivity contribution in [3.05, 3.63) is 29.8 Å². The van der Waals surface area contributed by atoms with Crippen molar-refractivity contribution in [2.75, 3.05) is 42.8 Å². The Bertz CT molecular complexity index is 1010. The summed E-state index contributed by atoms with van der Waals surface area (Å²) in [6.45, 7) is 0.724. The third-order valence-electron chi connectivity index (χ3n) is 5.65. The van der Waals surface area contributed by atoms with Crippen molar-refractivity contribution in [1.29, 1.82) is 0 Å². The number of carbonyl (C=O) groups excluding carboxylic acids is 3. The summed E-state index contributed by atoms with van der Waals surface area (Å²) in [7, 11) is -11.1. The van der Waals surface area contributed by atoms with Crippen LogP contribution in [0.2, 0.25) is 0 Å². The quantitative estimate of drug-likeness (QED) is 0.0438. The third kappa shape index (κ3) is 11.3. The van der Waals surface area contributed by atoms with E-state index in [-0.39, 0.29) is 25.8 Å². The zero-order valence-electron chi connectivity index (χ0n) is 20.9. The molecule has 1 atom stereocenters. The molecule has 0 unspecified atom stereocenters. The first kappa shape index (κ1) is 35.3. The van der Waals surface area contributed by atoms with Crippen LogP contribution in [0, 0.1) is 0 Å². The van der Waals surface area contributed by atoms with Crippen molar-refractivity contribution in [1.82, 2.24) is 16.0 Å². The Labute approximate surface area is 235 Å². The van der Waals surface area contributed by atoms with Crippen molar-refractivity contribution < 1.29 is 48.2 Å². The van der Waals surface area contributed by atoms with Crippen LogP contribution in [0.4, 0.5) is 5.69 Å². The van der Waals surface area contributed by atoms with Gasteiger partial charge in [-0.3, -0.25) is 23.5 Å². The molecule has 222 valence electrons. The van der Waals surface area contributed by atoms with Gasteiger partial charge in [0.05, 0.1) is 6.54 Å². The molecule has 0 heterocycles. The molecule has 0 radical (unpaired) electrons. The van der Waals surface area contributed by atoms with Gasteiger partial charge in [-0.05, 0) is 37.0 Å². The first-order valence-electron chi connectivity index (χ1n) is 11.7. The van der Waals surface area contributed by atoms with Crippen LogP contribution < -0.4 is 20.9 Å². The molecular formula is C21H34Cl2N4O10P2. The molecule has 0 aliphatic carbocycles. The highest BCUT2D eigenvalue weighted by Gasteiger charge is 2.58. The number of hydrogen-bond acceptors (Lipinski definition) is 7. The van der Waals surface area contributed by atoms with Crippen molar-refractivity contribution in [3.63, 3.8) is 0 Å². The summed E-state index contributed by atoms with van der Waals surface area (Å²) in [4.78, 5) is 74.0. The van der Waals surface area contributed by atoms with E-state index in [1.165, 1.54) is 0 Å². The van der Waals surface area contributed by atoms with E-state index in [2.05, 4.69) is 16.0 Å². The van der Waals surface area contributed by atoms with Crippen LogP contribution in [0.1, 0.15) is 24.8 Å². The molecule has 0 spiro atoms. The van der Waals surface area contributed by atoms with Gasteiger partial charge in [0.25, 0.3) is 5.08 Å². The van der Waals surface area contributed by atoms with E-state index in [4.69, 9.17) is 42.8 Å². The number of halogens is 2.